The van der Waals surface area contributed by atoms with Gasteiger partial charge in [0.25, 0.3) is 0 Å². The number of benzene rings is 1. The Morgan fingerprint density at radius 3 is 2.38 bits per heavy atom. The Bertz CT molecular complexity index is 1020. The second kappa shape index (κ2) is 10.5. The van der Waals surface area contributed by atoms with E-state index in [9.17, 15) is 9.59 Å². The number of rotatable bonds is 9. The van der Waals surface area contributed by atoms with Crippen LogP contribution in [0.15, 0.2) is 34.7 Å². The first kappa shape index (κ1) is 25.6. The molecule has 8 heteroatoms. The number of methoxy groups -OCH3 is 3. The maximum atomic E-state index is 13.5. The van der Waals surface area contributed by atoms with Gasteiger partial charge in [-0.25, -0.2) is 4.79 Å². The van der Waals surface area contributed by atoms with Gasteiger partial charge in [0.05, 0.1) is 39.4 Å². The lowest BCUT2D eigenvalue weighted by Crippen LogP contribution is -2.39. The molecule has 0 saturated carbocycles. The minimum atomic E-state index is -0.672. The van der Waals surface area contributed by atoms with E-state index in [-0.39, 0.29) is 17.8 Å². The molecule has 1 aromatic rings. The molecule has 0 aromatic heterocycles. The Kier molecular flexibility index (Phi) is 7.92. The summed E-state index contributed by atoms with van der Waals surface area (Å²) < 4.78 is 27.6. The van der Waals surface area contributed by atoms with E-state index in [0.717, 1.165) is 5.70 Å². The molecule has 34 heavy (non-hydrogen) atoms. The first-order valence-corrected chi connectivity index (χ1v) is 11.5. The van der Waals surface area contributed by atoms with Crippen molar-refractivity contribution >= 4 is 11.8 Å². The van der Waals surface area contributed by atoms with E-state index in [1.807, 2.05) is 19.9 Å². The third-order valence-electron chi connectivity index (χ3n) is 6.17. The first-order valence-electron chi connectivity index (χ1n) is 11.5. The second-order valence-corrected chi connectivity index (χ2v) is 9.19. The van der Waals surface area contributed by atoms with Gasteiger partial charge in [-0.2, -0.15) is 0 Å². The summed E-state index contributed by atoms with van der Waals surface area (Å²) in [6.45, 7) is 8.79. The van der Waals surface area contributed by atoms with E-state index in [0.29, 0.717) is 65.7 Å². The third kappa shape index (κ3) is 4.92. The fraction of sp³-hybridized carbons (Fsp3) is 0.538. The zero-order chi connectivity index (χ0) is 25.0. The zero-order valence-electron chi connectivity index (χ0n) is 21.1. The van der Waals surface area contributed by atoms with E-state index >= 15 is 0 Å². The van der Waals surface area contributed by atoms with Gasteiger partial charge >= 0.3 is 5.97 Å². The molecule has 1 atom stereocenters. The highest BCUT2D eigenvalue weighted by atomic mass is 16.6. The highest BCUT2D eigenvalue weighted by Crippen LogP contribution is 2.51. The van der Waals surface area contributed by atoms with Crippen molar-refractivity contribution in [1.82, 2.24) is 5.32 Å². The summed E-state index contributed by atoms with van der Waals surface area (Å²) in [5.41, 5.74) is 2.85. The molecule has 186 valence electrons. The molecule has 1 N–H and O–H groups in total. The molecule has 3 rings (SSSR count). The molecule has 1 aliphatic heterocycles. The fourth-order valence-corrected chi connectivity index (χ4v) is 4.78. The van der Waals surface area contributed by atoms with Gasteiger partial charge in [0.1, 0.15) is 6.61 Å². The Morgan fingerprint density at radius 2 is 1.76 bits per heavy atom. The molecule has 0 saturated heterocycles. The van der Waals surface area contributed by atoms with E-state index in [2.05, 4.69) is 19.2 Å². The van der Waals surface area contributed by atoms with Gasteiger partial charge in [0.2, 0.25) is 5.75 Å². The second-order valence-electron chi connectivity index (χ2n) is 9.19. The van der Waals surface area contributed by atoms with Crippen molar-refractivity contribution in [3.05, 3.63) is 40.2 Å². The van der Waals surface area contributed by atoms with E-state index in [1.54, 1.807) is 13.2 Å². The van der Waals surface area contributed by atoms with Gasteiger partial charge in [-0.3, -0.25) is 4.79 Å². The highest BCUT2D eigenvalue weighted by Gasteiger charge is 2.44. The Balaban J connectivity index is 2.18. The van der Waals surface area contributed by atoms with Crippen LogP contribution in [0.2, 0.25) is 0 Å². The molecular weight excluding hydrogens is 438 g/mol. The molecule has 8 nitrogen and oxygen atoms in total. The fourth-order valence-electron chi connectivity index (χ4n) is 4.78. The van der Waals surface area contributed by atoms with Gasteiger partial charge in [-0.15, -0.1) is 0 Å². The molecule has 0 radical (unpaired) electrons. The number of allylic oxidation sites excluding steroid dienone is 3. The maximum Gasteiger partial charge on any atom is 0.336 e. The van der Waals surface area contributed by atoms with Crippen LogP contribution in [0, 0.1) is 5.41 Å². The maximum absolute atomic E-state index is 13.5. The molecule has 2 aliphatic rings. The van der Waals surface area contributed by atoms with E-state index < -0.39 is 11.9 Å². The third-order valence-corrected chi connectivity index (χ3v) is 6.17. The molecule has 0 amide bonds. The topological polar surface area (TPSA) is 92.3 Å². The minimum absolute atomic E-state index is 0.00676. The van der Waals surface area contributed by atoms with Gasteiger partial charge < -0.3 is 29.0 Å². The number of Topliss-reactive ketones (excluding diaryl/α,β-unsaturated/α-hetero) is 1. The van der Waals surface area contributed by atoms with Crippen LogP contribution in [0.5, 0.6) is 17.2 Å². The molecule has 0 bridgehead atoms. The van der Waals surface area contributed by atoms with Crippen molar-refractivity contribution in [2.75, 3.05) is 41.2 Å². The van der Waals surface area contributed by atoms with Gasteiger partial charge in [-0.05, 0) is 31.7 Å². The smallest absolute Gasteiger partial charge is 0.336 e. The lowest BCUT2D eigenvalue weighted by atomic mass is 9.68. The molecule has 0 unspecified atom stereocenters. The number of carbonyl (C=O) groups excluding carboxylic acids is 2. The summed E-state index contributed by atoms with van der Waals surface area (Å²) >= 11 is 0. The van der Waals surface area contributed by atoms with Crippen molar-refractivity contribution in [3.63, 3.8) is 0 Å². The predicted molar refractivity (Wildman–Crippen MR) is 127 cm³/mol. The molecular formula is C26H35NO7. The van der Waals surface area contributed by atoms with Crippen LogP contribution in [-0.4, -0.2) is 52.9 Å². The monoisotopic (exact) mass is 473 g/mol. The first-order chi connectivity index (χ1) is 16.2. The van der Waals surface area contributed by atoms with Crippen molar-refractivity contribution in [1.29, 1.82) is 0 Å². The van der Waals surface area contributed by atoms with Crippen molar-refractivity contribution in [2.24, 2.45) is 5.41 Å². The number of nitrogens with one attached hydrogen (secondary N) is 1. The van der Waals surface area contributed by atoms with Crippen LogP contribution >= 0.6 is 0 Å². The zero-order valence-corrected chi connectivity index (χ0v) is 21.1. The van der Waals surface area contributed by atoms with Crippen LogP contribution in [0.3, 0.4) is 0 Å². The summed E-state index contributed by atoms with van der Waals surface area (Å²) in [7, 11) is 4.59. The van der Waals surface area contributed by atoms with Gasteiger partial charge in [-0.1, -0.05) is 19.9 Å². The van der Waals surface area contributed by atoms with E-state index in [4.69, 9.17) is 23.7 Å². The average molecular weight is 474 g/mol. The summed E-state index contributed by atoms with van der Waals surface area (Å²) in [5, 5.41) is 3.33. The average Bonchev–Trinajstić information content (AvgIpc) is 2.78. The van der Waals surface area contributed by atoms with Crippen molar-refractivity contribution < 1.29 is 33.3 Å². The summed E-state index contributed by atoms with van der Waals surface area (Å²) in [6, 6.07) is 3.57. The van der Waals surface area contributed by atoms with Gasteiger partial charge in [0, 0.05) is 35.6 Å². The van der Waals surface area contributed by atoms with Crippen LogP contribution in [0.25, 0.3) is 0 Å². The normalized spacial score (nSPS) is 19.4. The molecule has 0 fully saturated rings. The van der Waals surface area contributed by atoms with Crippen molar-refractivity contribution in [3.8, 4) is 17.2 Å². The van der Waals surface area contributed by atoms with Crippen LogP contribution in [-0.2, 0) is 19.1 Å². The SMILES string of the molecule is CCOCCOC(=O)C1=C(C)NC2=C(C(=O)CC(C)(C)C2)[C@H]1c1ccc(OC)c(OC)c1OC. The quantitative estimate of drug-likeness (QED) is 0.427. The Hall–Kier alpha value is -3.00. The summed E-state index contributed by atoms with van der Waals surface area (Å²) in [4.78, 5) is 26.8. The number of ketones is 1. The lowest BCUT2D eigenvalue weighted by Gasteiger charge is -2.39. The standard InChI is InChI=1S/C26H35NO7/c1-8-33-11-12-34-25(29)20-15(2)27-17-13-26(3,4)14-18(28)22(17)21(20)16-9-10-19(30-5)24(32-7)23(16)31-6/h9-10,21,27H,8,11-14H2,1-7H3/t21-/m0/s1. The molecule has 1 heterocycles. The number of hydrogen-bond acceptors (Lipinski definition) is 8. The number of hydrogen-bond donors (Lipinski definition) is 1. The number of carbonyl (C=O) groups is 2. The minimum Gasteiger partial charge on any atom is -0.493 e. The summed E-state index contributed by atoms with van der Waals surface area (Å²) in [5.74, 6) is 0.112. The summed E-state index contributed by atoms with van der Waals surface area (Å²) in [6.07, 6.45) is 1.06. The number of ether oxygens (including phenoxy) is 5. The molecule has 0 spiro atoms. The van der Waals surface area contributed by atoms with Crippen LogP contribution in [0.1, 0.15) is 52.0 Å². The largest absolute Gasteiger partial charge is 0.493 e. The number of esters is 1. The lowest BCUT2D eigenvalue weighted by molar-refractivity contribution is -0.140. The van der Waals surface area contributed by atoms with Crippen LogP contribution < -0.4 is 19.5 Å². The van der Waals surface area contributed by atoms with Crippen LogP contribution in [0.4, 0.5) is 0 Å². The van der Waals surface area contributed by atoms with Gasteiger partial charge in [0.15, 0.2) is 17.3 Å². The molecule has 1 aromatic carbocycles. The van der Waals surface area contributed by atoms with E-state index in [1.165, 1.54) is 14.2 Å². The number of dihydropyridines is 1. The Labute approximate surface area is 201 Å². The van der Waals surface area contributed by atoms with Crippen molar-refractivity contribution in [2.45, 2.75) is 46.5 Å². The molecule has 1 aliphatic carbocycles. The highest BCUT2D eigenvalue weighted by molar-refractivity contribution is 6.04. The predicted octanol–water partition coefficient (Wildman–Crippen LogP) is 3.90. The Morgan fingerprint density at radius 1 is 1.06 bits per heavy atom.